The van der Waals surface area contributed by atoms with E-state index < -0.39 is 5.97 Å². The third-order valence-corrected chi connectivity index (χ3v) is 3.57. The molecule has 3 heteroatoms. The quantitative estimate of drug-likeness (QED) is 0.747. The first-order valence-electron chi connectivity index (χ1n) is 7.34. The molecular weight excluding hydrogens is 288 g/mol. The van der Waals surface area contributed by atoms with Crippen LogP contribution >= 0.6 is 0 Å². The molecule has 0 aliphatic rings. The molecule has 0 fully saturated rings. The maximum Gasteiger partial charge on any atom is 0.336 e. The Labute approximate surface area is 134 Å². The highest BCUT2D eigenvalue weighted by atomic mass is 16.5. The first-order chi connectivity index (χ1) is 11.3. The molecule has 0 atom stereocenters. The van der Waals surface area contributed by atoms with E-state index in [0.717, 1.165) is 11.1 Å². The molecule has 3 nitrogen and oxygen atoms in total. The second-order valence-electron chi connectivity index (χ2n) is 5.12. The van der Waals surface area contributed by atoms with E-state index in [1.807, 2.05) is 60.7 Å². The van der Waals surface area contributed by atoms with E-state index in [1.165, 1.54) is 0 Å². The minimum absolute atomic E-state index is 0.267. The molecule has 3 rings (SSSR count). The van der Waals surface area contributed by atoms with Crippen LogP contribution < -0.4 is 4.74 Å². The highest BCUT2D eigenvalue weighted by Crippen LogP contribution is 2.32. The molecule has 0 aliphatic heterocycles. The normalized spacial score (nSPS) is 10.3. The Balaban J connectivity index is 1.94. The van der Waals surface area contributed by atoms with E-state index >= 15 is 0 Å². The summed E-state index contributed by atoms with van der Waals surface area (Å²) in [6.45, 7) is 0.438. The van der Waals surface area contributed by atoms with Gasteiger partial charge in [0.1, 0.15) is 12.4 Å². The highest BCUT2D eigenvalue weighted by Gasteiger charge is 2.14. The van der Waals surface area contributed by atoms with Crippen LogP contribution in [0.15, 0.2) is 78.9 Å². The number of carboxylic acids is 1. The van der Waals surface area contributed by atoms with Crippen LogP contribution in [0.5, 0.6) is 5.75 Å². The largest absolute Gasteiger partial charge is 0.488 e. The van der Waals surface area contributed by atoms with Crippen LogP contribution in [0, 0.1) is 0 Å². The molecule has 0 saturated heterocycles. The molecule has 0 aliphatic carbocycles. The van der Waals surface area contributed by atoms with Gasteiger partial charge >= 0.3 is 5.97 Å². The molecule has 0 bridgehead atoms. The molecule has 0 radical (unpaired) electrons. The van der Waals surface area contributed by atoms with Gasteiger partial charge in [0.2, 0.25) is 0 Å². The molecule has 0 aromatic heterocycles. The van der Waals surface area contributed by atoms with Crippen LogP contribution in [0.2, 0.25) is 0 Å². The minimum Gasteiger partial charge on any atom is -0.488 e. The van der Waals surface area contributed by atoms with Gasteiger partial charge < -0.3 is 9.84 Å². The van der Waals surface area contributed by atoms with Gasteiger partial charge in [0, 0.05) is 5.56 Å². The summed E-state index contributed by atoms with van der Waals surface area (Å²) in [5.74, 6) is -0.275. The minimum atomic E-state index is -0.946. The molecule has 0 saturated carbocycles. The molecule has 0 amide bonds. The smallest absolute Gasteiger partial charge is 0.336 e. The second-order valence-corrected chi connectivity index (χ2v) is 5.12. The number of aromatic carboxylic acids is 1. The first-order valence-corrected chi connectivity index (χ1v) is 7.34. The van der Waals surface area contributed by atoms with Crippen LogP contribution in [0.4, 0.5) is 0 Å². The fourth-order valence-corrected chi connectivity index (χ4v) is 2.45. The van der Waals surface area contributed by atoms with Gasteiger partial charge in [-0.2, -0.15) is 0 Å². The topological polar surface area (TPSA) is 46.5 Å². The standard InChI is InChI=1S/C20H16O3/c21-20(22)18-12-5-4-10-16(18)17-11-6-7-13-19(17)23-14-15-8-2-1-3-9-15/h1-13H,14H2,(H,21,22). The maximum absolute atomic E-state index is 11.4. The van der Waals surface area contributed by atoms with Crippen molar-refractivity contribution in [2.75, 3.05) is 0 Å². The fraction of sp³-hybridized carbons (Fsp3) is 0.0500. The lowest BCUT2D eigenvalue weighted by molar-refractivity contribution is 0.0697. The van der Waals surface area contributed by atoms with Crippen molar-refractivity contribution in [2.45, 2.75) is 6.61 Å². The monoisotopic (exact) mass is 304 g/mol. The van der Waals surface area contributed by atoms with E-state index in [0.29, 0.717) is 17.9 Å². The van der Waals surface area contributed by atoms with Crippen molar-refractivity contribution in [2.24, 2.45) is 0 Å². The SMILES string of the molecule is O=C(O)c1ccccc1-c1ccccc1OCc1ccccc1. The van der Waals surface area contributed by atoms with E-state index in [4.69, 9.17) is 4.74 Å². The van der Waals surface area contributed by atoms with Gasteiger partial charge in [-0.3, -0.25) is 0 Å². The number of hydrogen-bond donors (Lipinski definition) is 1. The summed E-state index contributed by atoms with van der Waals surface area (Å²) in [6, 6.07) is 24.3. The number of para-hydroxylation sites is 1. The van der Waals surface area contributed by atoms with Gasteiger partial charge in [-0.25, -0.2) is 4.79 Å². The van der Waals surface area contributed by atoms with Crippen molar-refractivity contribution in [1.29, 1.82) is 0 Å². The van der Waals surface area contributed by atoms with Crippen molar-refractivity contribution >= 4 is 5.97 Å². The molecule has 0 spiro atoms. The van der Waals surface area contributed by atoms with E-state index in [-0.39, 0.29) is 5.56 Å². The van der Waals surface area contributed by atoms with E-state index in [9.17, 15) is 9.90 Å². The Kier molecular flexibility index (Phi) is 4.39. The predicted molar refractivity (Wildman–Crippen MR) is 89.6 cm³/mol. The molecule has 3 aromatic carbocycles. The lowest BCUT2D eigenvalue weighted by Crippen LogP contribution is -2.01. The summed E-state index contributed by atoms with van der Waals surface area (Å²) in [4.78, 5) is 11.4. The molecule has 114 valence electrons. The summed E-state index contributed by atoms with van der Waals surface area (Å²) in [6.07, 6.45) is 0. The maximum atomic E-state index is 11.4. The number of benzene rings is 3. The van der Waals surface area contributed by atoms with Gasteiger partial charge in [0.25, 0.3) is 0 Å². The van der Waals surface area contributed by atoms with Gasteiger partial charge in [0.05, 0.1) is 5.56 Å². The van der Waals surface area contributed by atoms with E-state index in [2.05, 4.69) is 0 Å². The zero-order chi connectivity index (χ0) is 16.1. The molecule has 3 aromatic rings. The molecule has 0 heterocycles. The van der Waals surface area contributed by atoms with Crippen LogP contribution in [-0.2, 0) is 6.61 Å². The zero-order valence-electron chi connectivity index (χ0n) is 12.5. The summed E-state index contributed by atoms with van der Waals surface area (Å²) in [5, 5.41) is 9.38. The number of ether oxygens (including phenoxy) is 1. The average molecular weight is 304 g/mol. The lowest BCUT2D eigenvalue weighted by atomic mass is 9.99. The van der Waals surface area contributed by atoms with Gasteiger partial charge in [-0.15, -0.1) is 0 Å². The molecule has 23 heavy (non-hydrogen) atoms. The Morgan fingerprint density at radius 1 is 0.783 bits per heavy atom. The van der Waals surface area contributed by atoms with Crippen molar-refractivity contribution in [3.05, 3.63) is 90.0 Å². The zero-order valence-corrected chi connectivity index (χ0v) is 12.5. The first kappa shape index (κ1) is 14.9. The summed E-state index contributed by atoms with van der Waals surface area (Å²) >= 11 is 0. The number of carboxylic acid groups (broad SMARTS) is 1. The van der Waals surface area contributed by atoms with Crippen LogP contribution in [-0.4, -0.2) is 11.1 Å². The Morgan fingerprint density at radius 2 is 1.39 bits per heavy atom. The molecule has 1 N–H and O–H groups in total. The number of hydrogen-bond acceptors (Lipinski definition) is 2. The van der Waals surface area contributed by atoms with Gasteiger partial charge in [-0.1, -0.05) is 66.7 Å². The van der Waals surface area contributed by atoms with Gasteiger partial charge in [-0.05, 0) is 23.3 Å². The van der Waals surface area contributed by atoms with Crippen LogP contribution in [0.25, 0.3) is 11.1 Å². The van der Waals surface area contributed by atoms with Crippen LogP contribution in [0.1, 0.15) is 15.9 Å². The average Bonchev–Trinajstić information content (AvgIpc) is 2.61. The lowest BCUT2D eigenvalue weighted by Gasteiger charge is -2.13. The Bertz CT molecular complexity index is 810. The van der Waals surface area contributed by atoms with Crippen molar-refractivity contribution < 1.29 is 14.6 Å². The molecule has 0 unspecified atom stereocenters. The third kappa shape index (κ3) is 3.40. The summed E-state index contributed by atoms with van der Waals surface area (Å²) < 4.78 is 5.92. The van der Waals surface area contributed by atoms with Gasteiger partial charge in [0.15, 0.2) is 0 Å². The van der Waals surface area contributed by atoms with Crippen molar-refractivity contribution in [1.82, 2.24) is 0 Å². The van der Waals surface area contributed by atoms with Crippen LogP contribution in [0.3, 0.4) is 0 Å². The number of carbonyl (C=O) groups is 1. The predicted octanol–water partition coefficient (Wildman–Crippen LogP) is 4.63. The van der Waals surface area contributed by atoms with Crippen molar-refractivity contribution in [3.8, 4) is 16.9 Å². The molecular formula is C20H16O3. The number of rotatable bonds is 5. The van der Waals surface area contributed by atoms with Crippen molar-refractivity contribution in [3.63, 3.8) is 0 Å². The fourth-order valence-electron chi connectivity index (χ4n) is 2.45. The Hall–Kier alpha value is -3.07. The Morgan fingerprint density at radius 3 is 2.13 bits per heavy atom. The third-order valence-electron chi connectivity index (χ3n) is 3.57. The van der Waals surface area contributed by atoms with E-state index in [1.54, 1.807) is 18.2 Å². The summed E-state index contributed by atoms with van der Waals surface area (Å²) in [7, 11) is 0. The highest BCUT2D eigenvalue weighted by molar-refractivity contribution is 5.96. The second kappa shape index (κ2) is 6.79. The summed E-state index contributed by atoms with van der Waals surface area (Å²) in [5.41, 5.74) is 2.77.